The Balaban J connectivity index is 2.25. The van der Waals surface area contributed by atoms with Crippen LogP contribution >= 0.6 is 0 Å². The molecule has 1 unspecified atom stereocenters. The quantitative estimate of drug-likeness (QED) is 0.619. The van der Waals surface area contributed by atoms with Crippen molar-refractivity contribution < 1.29 is 14.3 Å². The van der Waals surface area contributed by atoms with E-state index in [0.29, 0.717) is 25.9 Å². The molecule has 3 amide bonds. The summed E-state index contributed by atoms with van der Waals surface area (Å²) < 4.78 is 5.41. The summed E-state index contributed by atoms with van der Waals surface area (Å²) in [6.07, 6.45) is 1.26. The largest absolute Gasteiger partial charge is 0.494 e. The molecule has 1 N–H and O–H groups in total. The van der Waals surface area contributed by atoms with Crippen LogP contribution in [0.2, 0.25) is 0 Å². The molecule has 0 radical (unpaired) electrons. The number of nitrogens with zero attached hydrogens (tertiary/aromatic N) is 2. The van der Waals surface area contributed by atoms with Gasteiger partial charge in [-0.05, 0) is 37.5 Å². The van der Waals surface area contributed by atoms with Gasteiger partial charge < -0.3 is 10.1 Å². The molecule has 1 aliphatic rings. The molecule has 1 aromatic carbocycles. The van der Waals surface area contributed by atoms with Gasteiger partial charge in [-0.1, -0.05) is 19.1 Å². The number of amides is 3. The lowest BCUT2D eigenvalue weighted by atomic mass is 9.87. The summed E-state index contributed by atoms with van der Waals surface area (Å²) >= 11 is 0. The first-order chi connectivity index (χ1) is 11.1. The van der Waals surface area contributed by atoms with Crippen LogP contribution in [-0.2, 0) is 10.3 Å². The van der Waals surface area contributed by atoms with E-state index in [1.54, 1.807) is 12.1 Å². The number of ether oxygens (including phenoxy) is 1. The highest BCUT2D eigenvalue weighted by Crippen LogP contribution is 2.33. The molecule has 6 heteroatoms. The number of nitriles is 1. The SMILES string of the molecule is CCOc1ccc(C2(CC)NC(=O)N(CCCC#N)C2=O)cc1. The molecule has 1 atom stereocenters. The number of rotatable bonds is 7. The lowest BCUT2D eigenvalue weighted by molar-refractivity contribution is -0.131. The maximum atomic E-state index is 12.8. The van der Waals surface area contributed by atoms with E-state index in [2.05, 4.69) is 5.32 Å². The van der Waals surface area contributed by atoms with Gasteiger partial charge >= 0.3 is 6.03 Å². The summed E-state index contributed by atoms with van der Waals surface area (Å²) in [5.41, 5.74) is -0.293. The Labute approximate surface area is 136 Å². The molecule has 23 heavy (non-hydrogen) atoms. The van der Waals surface area contributed by atoms with Crippen LogP contribution in [0.25, 0.3) is 0 Å². The average Bonchev–Trinajstić information content (AvgIpc) is 2.81. The molecule has 0 spiro atoms. The molecule has 0 saturated carbocycles. The molecule has 6 nitrogen and oxygen atoms in total. The van der Waals surface area contributed by atoms with Crippen LogP contribution in [0.3, 0.4) is 0 Å². The Morgan fingerprint density at radius 1 is 1.26 bits per heavy atom. The second kappa shape index (κ2) is 7.14. The number of unbranched alkanes of at least 4 members (excludes halogenated alkanes) is 1. The molecule has 0 aromatic heterocycles. The number of hydrogen-bond acceptors (Lipinski definition) is 4. The van der Waals surface area contributed by atoms with Gasteiger partial charge in [-0.25, -0.2) is 4.79 Å². The Morgan fingerprint density at radius 2 is 1.96 bits per heavy atom. The number of carbonyl (C=O) groups is 2. The minimum Gasteiger partial charge on any atom is -0.494 e. The van der Waals surface area contributed by atoms with Gasteiger partial charge in [-0.15, -0.1) is 0 Å². The van der Waals surface area contributed by atoms with Crippen LogP contribution in [0, 0.1) is 11.3 Å². The van der Waals surface area contributed by atoms with Crippen molar-refractivity contribution in [1.29, 1.82) is 5.26 Å². The lowest BCUT2D eigenvalue weighted by Gasteiger charge is -2.26. The second-order valence-electron chi connectivity index (χ2n) is 5.36. The van der Waals surface area contributed by atoms with Gasteiger partial charge in [-0.2, -0.15) is 5.26 Å². The van der Waals surface area contributed by atoms with Crippen LogP contribution in [-0.4, -0.2) is 30.0 Å². The Hall–Kier alpha value is -2.55. The topological polar surface area (TPSA) is 82.4 Å². The summed E-state index contributed by atoms with van der Waals surface area (Å²) in [6.45, 7) is 4.60. The third kappa shape index (κ3) is 3.14. The minimum atomic E-state index is -1.03. The Kier molecular flexibility index (Phi) is 5.22. The van der Waals surface area contributed by atoms with Gasteiger partial charge in [0.2, 0.25) is 0 Å². The zero-order chi connectivity index (χ0) is 16.9. The third-order valence-electron chi connectivity index (χ3n) is 4.03. The van der Waals surface area contributed by atoms with Crippen molar-refractivity contribution in [2.75, 3.05) is 13.2 Å². The molecule has 2 rings (SSSR count). The van der Waals surface area contributed by atoms with Crippen molar-refractivity contribution in [3.63, 3.8) is 0 Å². The maximum absolute atomic E-state index is 12.8. The molecule has 1 aliphatic heterocycles. The van der Waals surface area contributed by atoms with Crippen LogP contribution in [0.15, 0.2) is 24.3 Å². The standard InChI is InChI=1S/C17H21N3O3/c1-3-17(13-7-9-14(10-8-13)23-4-2)15(21)20(16(22)19-17)12-6-5-11-18/h7-10H,3-6,12H2,1-2H3,(H,19,22). The van der Waals surface area contributed by atoms with Crippen molar-refractivity contribution in [2.45, 2.75) is 38.6 Å². The summed E-state index contributed by atoms with van der Waals surface area (Å²) in [4.78, 5) is 26.2. The van der Waals surface area contributed by atoms with E-state index in [9.17, 15) is 9.59 Å². The van der Waals surface area contributed by atoms with E-state index in [0.717, 1.165) is 11.3 Å². The monoisotopic (exact) mass is 315 g/mol. The van der Waals surface area contributed by atoms with Gasteiger partial charge in [0.25, 0.3) is 5.91 Å². The molecular weight excluding hydrogens is 294 g/mol. The highest BCUT2D eigenvalue weighted by Gasteiger charge is 2.50. The first kappa shape index (κ1) is 16.8. The van der Waals surface area contributed by atoms with Crippen LogP contribution in [0.1, 0.15) is 38.7 Å². The molecule has 0 aliphatic carbocycles. The first-order valence-electron chi connectivity index (χ1n) is 7.83. The zero-order valence-corrected chi connectivity index (χ0v) is 13.5. The molecule has 1 fully saturated rings. The maximum Gasteiger partial charge on any atom is 0.325 e. The number of benzene rings is 1. The predicted molar refractivity (Wildman–Crippen MR) is 84.7 cm³/mol. The summed E-state index contributed by atoms with van der Waals surface area (Å²) in [6, 6.07) is 8.84. The van der Waals surface area contributed by atoms with E-state index in [1.165, 1.54) is 4.90 Å². The third-order valence-corrected chi connectivity index (χ3v) is 4.03. The Bertz CT molecular complexity index is 621. The molecule has 0 bridgehead atoms. The molecule has 1 aromatic rings. The van der Waals surface area contributed by atoms with Gasteiger partial charge in [0, 0.05) is 13.0 Å². The average molecular weight is 315 g/mol. The predicted octanol–water partition coefficient (Wildman–Crippen LogP) is 2.55. The minimum absolute atomic E-state index is 0.257. The van der Waals surface area contributed by atoms with E-state index in [1.807, 2.05) is 32.0 Å². The molecule has 122 valence electrons. The second-order valence-corrected chi connectivity index (χ2v) is 5.36. The van der Waals surface area contributed by atoms with Crippen molar-refractivity contribution in [2.24, 2.45) is 0 Å². The van der Waals surface area contributed by atoms with Crippen molar-refractivity contribution in [1.82, 2.24) is 10.2 Å². The number of nitrogens with one attached hydrogen (secondary N) is 1. The van der Waals surface area contributed by atoms with Gasteiger partial charge in [0.1, 0.15) is 11.3 Å². The van der Waals surface area contributed by atoms with Crippen LogP contribution in [0.5, 0.6) is 5.75 Å². The summed E-state index contributed by atoms with van der Waals surface area (Å²) in [7, 11) is 0. The lowest BCUT2D eigenvalue weighted by Crippen LogP contribution is -2.43. The number of urea groups is 1. The van der Waals surface area contributed by atoms with E-state index in [-0.39, 0.29) is 12.5 Å². The van der Waals surface area contributed by atoms with Gasteiger partial charge in [0.05, 0.1) is 12.7 Å². The highest BCUT2D eigenvalue weighted by molar-refractivity contribution is 6.07. The fourth-order valence-corrected chi connectivity index (χ4v) is 2.79. The smallest absolute Gasteiger partial charge is 0.325 e. The van der Waals surface area contributed by atoms with Gasteiger partial charge in [0.15, 0.2) is 0 Å². The van der Waals surface area contributed by atoms with Crippen molar-refractivity contribution in [3.05, 3.63) is 29.8 Å². The summed E-state index contributed by atoms with van der Waals surface area (Å²) in [5, 5.41) is 11.4. The highest BCUT2D eigenvalue weighted by atomic mass is 16.5. The fourth-order valence-electron chi connectivity index (χ4n) is 2.79. The first-order valence-corrected chi connectivity index (χ1v) is 7.83. The number of imide groups is 1. The van der Waals surface area contributed by atoms with Gasteiger partial charge in [-0.3, -0.25) is 9.69 Å². The Morgan fingerprint density at radius 3 is 2.52 bits per heavy atom. The molecular formula is C17H21N3O3. The van der Waals surface area contributed by atoms with Crippen molar-refractivity contribution >= 4 is 11.9 Å². The van der Waals surface area contributed by atoms with Crippen LogP contribution < -0.4 is 10.1 Å². The zero-order valence-electron chi connectivity index (χ0n) is 13.5. The van der Waals surface area contributed by atoms with E-state index >= 15 is 0 Å². The molecule has 1 heterocycles. The summed E-state index contributed by atoms with van der Waals surface area (Å²) in [5.74, 6) is 0.470. The van der Waals surface area contributed by atoms with Crippen LogP contribution in [0.4, 0.5) is 4.79 Å². The number of carbonyl (C=O) groups excluding carboxylic acids is 2. The normalized spacial score (nSPS) is 20.3. The van der Waals surface area contributed by atoms with Crippen molar-refractivity contribution in [3.8, 4) is 11.8 Å². The van der Waals surface area contributed by atoms with E-state index in [4.69, 9.17) is 10.00 Å². The fraction of sp³-hybridized carbons (Fsp3) is 0.471. The van der Waals surface area contributed by atoms with E-state index < -0.39 is 11.6 Å². The number of hydrogen-bond donors (Lipinski definition) is 1. The molecule has 1 saturated heterocycles.